The summed E-state index contributed by atoms with van der Waals surface area (Å²) in [5.41, 5.74) is -2.21. The van der Waals surface area contributed by atoms with Crippen molar-refractivity contribution < 1.29 is 61.2 Å². The van der Waals surface area contributed by atoms with E-state index < -0.39 is 15.5 Å². The molecule has 0 aromatic carbocycles. The van der Waals surface area contributed by atoms with E-state index in [9.17, 15) is 20.2 Å². The van der Waals surface area contributed by atoms with Gasteiger partial charge in [0.2, 0.25) is 0 Å². The number of hydrogen-bond donors (Lipinski definition) is 0. The Morgan fingerprint density at radius 1 is 1.22 bits per heavy atom. The maximum atomic E-state index is 9.37. The molecule has 0 spiro atoms. The van der Waals surface area contributed by atoms with Gasteiger partial charge in [-0.05, 0) is 0 Å². The molecule has 0 aliphatic rings. The van der Waals surface area contributed by atoms with Gasteiger partial charge in [0.15, 0.2) is 0 Å². The van der Waals surface area contributed by atoms with Gasteiger partial charge in [-0.15, -0.1) is 0 Å². The Bertz CT molecular complexity index is 114. The smallest absolute Gasteiger partial charge is 0.257 e. The summed E-state index contributed by atoms with van der Waals surface area (Å²) in [4.78, 5) is 16.4. The summed E-state index contributed by atoms with van der Waals surface area (Å²) in [6.07, 6.45) is 0. The van der Waals surface area contributed by atoms with Crippen LogP contribution in [0.1, 0.15) is 0 Å². The fourth-order valence-corrected chi connectivity index (χ4v) is 0.0770. The van der Waals surface area contributed by atoms with Crippen LogP contribution in [-0.4, -0.2) is 15.5 Å². The molecule has 9 heavy (non-hydrogen) atoms. The third-order valence-corrected chi connectivity index (χ3v) is 0.667. The van der Waals surface area contributed by atoms with Crippen molar-refractivity contribution in [3.8, 4) is 0 Å². The number of hydrogen-bond acceptors (Lipinski definition) is 4. The maximum absolute atomic E-state index is 9.37. The van der Waals surface area contributed by atoms with E-state index in [0.29, 0.717) is 0 Å². The van der Waals surface area contributed by atoms with E-state index in [2.05, 4.69) is 11.6 Å². The minimum atomic E-state index is -2.21. The molecule has 0 aromatic heterocycles. The average molecular weight is 180 g/mol. The Balaban J connectivity index is 0. The number of halogens is 1. The summed E-state index contributed by atoms with van der Waals surface area (Å²) in [5, 5.41) is 18.7. The van der Waals surface area contributed by atoms with Crippen molar-refractivity contribution in [1.29, 1.82) is 0 Å². The van der Waals surface area contributed by atoms with Crippen LogP contribution in [0.5, 0.6) is 0 Å². The van der Waals surface area contributed by atoms with Crippen molar-refractivity contribution in [1.82, 2.24) is 0 Å². The Morgan fingerprint density at radius 3 is 1.44 bits per heavy atom. The van der Waals surface area contributed by atoms with Crippen LogP contribution in [0.2, 0.25) is 0 Å². The van der Waals surface area contributed by atoms with E-state index in [4.69, 9.17) is 0 Å². The quantitative estimate of drug-likeness (QED) is 0.113. The Kier molecular flexibility index (Phi) is 7.59. The molecule has 0 N–H and O–H groups in total. The van der Waals surface area contributed by atoms with E-state index in [1.54, 1.807) is 0 Å². The van der Waals surface area contributed by atoms with Crippen LogP contribution in [0.15, 0.2) is 0 Å². The topological polar surface area (TPSA) is 86.3 Å². The van der Waals surface area contributed by atoms with Crippen LogP contribution in [-0.2, 0) is 0 Å². The van der Waals surface area contributed by atoms with Crippen molar-refractivity contribution in [2.75, 3.05) is 0 Å². The number of alkyl halides is 1. The van der Waals surface area contributed by atoms with Gasteiger partial charge in [0.05, 0.1) is 0 Å². The Labute approximate surface area is 97.3 Å². The summed E-state index contributed by atoms with van der Waals surface area (Å²) in [7, 11) is 0. The van der Waals surface area contributed by atoms with E-state index in [1.807, 2.05) is 0 Å². The normalized spacial score (nSPS) is 8.22. The molecule has 0 heterocycles. The van der Waals surface area contributed by atoms with E-state index >= 15 is 0 Å². The minimum absolute atomic E-state index is 0. The first-order valence-electron chi connectivity index (χ1n) is 1.46. The van der Waals surface area contributed by atoms with Crippen molar-refractivity contribution in [2.24, 2.45) is 0 Å². The molecular weight excluding hydrogens is 179 g/mol. The molecule has 0 radical (unpaired) electrons. The molecule has 8 heteroatoms. The molecule has 0 bridgehead atoms. The van der Waals surface area contributed by atoms with Gasteiger partial charge in [-0.2, -0.15) is 0 Å². The number of nitro groups is 2. The second kappa shape index (κ2) is 5.51. The Morgan fingerprint density at radius 2 is 1.44 bits per heavy atom. The first-order valence-corrected chi connectivity index (χ1v) is 1.90. The summed E-state index contributed by atoms with van der Waals surface area (Å²) in [6, 6.07) is 0. The van der Waals surface area contributed by atoms with Crippen molar-refractivity contribution in [3.05, 3.63) is 20.2 Å². The molecule has 0 aliphatic heterocycles. The van der Waals surface area contributed by atoms with Crippen LogP contribution in [0, 0.1) is 20.2 Å². The minimum Gasteiger partial charge on any atom is -0.257 e. The maximum Gasteiger partial charge on any atom is 1.00 e. The van der Waals surface area contributed by atoms with Gasteiger partial charge in [0, 0.05) is 11.6 Å². The van der Waals surface area contributed by atoms with Crippen LogP contribution in [0.25, 0.3) is 0 Å². The third-order valence-electron chi connectivity index (χ3n) is 0.348. The van der Waals surface area contributed by atoms with Crippen molar-refractivity contribution in [2.45, 2.75) is 5.62 Å². The molecule has 0 saturated carbocycles. The van der Waals surface area contributed by atoms with Gasteiger partial charge in [0.1, 0.15) is 9.85 Å². The predicted octanol–water partition coefficient (Wildman–Crippen LogP) is -2.93. The first-order chi connectivity index (χ1) is 3.55. The largest absolute Gasteiger partial charge is 1.00 e. The molecule has 0 atom stereocenters. The van der Waals surface area contributed by atoms with Gasteiger partial charge < -0.3 is 0 Å². The van der Waals surface area contributed by atoms with Crippen LogP contribution >= 0.6 is 11.6 Å². The summed E-state index contributed by atoms with van der Waals surface area (Å²) in [5.74, 6) is 0. The van der Waals surface area contributed by atoms with E-state index in [-0.39, 0.29) is 51.4 Å². The summed E-state index contributed by atoms with van der Waals surface area (Å²) in [6.45, 7) is 0. The second-order valence-electron chi connectivity index (χ2n) is 0.881. The molecular formula is CHClKN2O4+. The van der Waals surface area contributed by atoms with Gasteiger partial charge >= 0.3 is 57.0 Å². The van der Waals surface area contributed by atoms with Gasteiger partial charge in [0.25, 0.3) is 0 Å². The number of rotatable bonds is 2. The summed E-state index contributed by atoms with van der Waals surface area (Å²) >= 11 is 4.55. The van der Waals surface area contributed by atoms with Gasteiger partial charge in [-0.1, -0.05) is 0 Å². The predicted molar refractivity (Wildman–Crippen MR) is 23.6 cm³/mol. The molecule has 0 fully saturated rings. The SMILES string of the molecule is O=[N+]([O-])C(Cl)[N+](=O)[O-].[K+]. The van der Waals surface area contributed by atoms with Crippen molar-refractivity contribution in [3.63, 3.8) is 0 Å². The molecule has 0 aliphatic carbocycles. The van der Waals surface area contributed by atoms with E-state index in [0.717, 1.165) is 0 Å². The molecule has 6 nitrogen and oxygen atoms in total. The zero-order valence-electron chi connectivity index (χ0n) is 4.48. The zero-order chi connectivity index (χ0) is 6.73. The van der Waals surface area contributed by atoms with E-state index in [1.165, 1.54) is 0 Å². The van der Waals surface area contributed by atoms with Gasteiger partial charge in [-0.3, -0.25) is 20.2 Å². The Hall–Kier alpha value is 0.726. The standard InChI is InChI=1S/CHClN2O4.K/c2-1(3(5)6)4(7)8;/h1H;/q;+1. The third kappa shape index (κ3) is 5.18. The molecule has 0 saturated heterocycles. The zero-order valence-corrected chi connectivity index (χ0v) is 8.36. The first kappa shape index (κ1) is 12.4. The second-order valence-corrected chi connectivity index (χ2v) is 1.27. The molecule has 0 unspecified atom stereocenters. The van der Waals surface area contributed by atoms with Gasteiger partial charge in [-0.25, -0.2) is 0 Å². The van der Waals surface area contributed by atoms with Crippen LogP contribution in [0.3, 0.4) is 0 Å². The monoisotopic (exact) mass is 179 g/mol. The molecule has 0 aromatic rings. The number of nitrogens with zero attached hydrogens (tertiary/aromatic N) is 2. The molecule has 0 amide bonds. The summed E-state index contributed by atoms with van der Waals surface area (Å²) < 4.78 is 0. The molecule has 0 rings (SSSR count). The average Bonchev–Trinajstić information content (AvgIpc) is 1.64. The van der Waals surface area contributed by atoms with Crippen LogP contribution < -0.4 is 51.4 Å². The fourth-order valence-electron chi connectivity index (χ4n) is 0.0770. The molecule has 46 valence electrons. The van der Waals surface area contributed by atoms with Crippen molar-refractivity contribution >= 4 is 11.6 Å². The fraction of sp³-hybridized carbons (Fsp3) is 1.00. The van der Waals surface area contributed by atoms with Crippen LogP contribution in [0.4, 0.5) is 0 Å².